The lowest BCUT2D eigenvalue weighted by molar-refractivity contribution is -0.387. The van der Waals surface area contributed by atoms with Gasteiger partial charge in [-0.15, -0.1) is 0 Å². The van der Waals surface area contributed by atoms with Gasteiger partial charge in [0.15, 0.2) is 0 Å². The number of nitro groups is 1. The van der Waals surface area contributed by atoms with Crippen molar-refractivity contribution in [1.82, 2.24) is 10.2 Å². The van der Waals surface area contributed by atoms with Crippen LogP contribution in [0.5, 0.6) is 0 Å². The number of rotatable bonds is 6. The minimum Gasteiger partial charge on any atom is -0.352 e. The summed E-state index contributed by atoms with van der Waals surface area (Å²) in [7, 11) is 3.74. The minimum absolute atomic E-state index is 0.301. The van der Waals surface area contributed by atoms with E-state index in [0.29, 0.717) is 25.1 Å². The molecule has 1 aromatic rings. The molecule has 0 radical (unpaired) electrons. The van der Waals surface area contributed by atoms with Gasteiger partial charge in [-0.2, -0.15) is 4.39 Å². The highest BCUT2D eigenvalue weighted by Crippen LogP contribution is 2.21. The van der Waals surface area contributed by atoms with Crippen LogP contribution in [0.15, 0.2) is 12.1 Å². The summed E-state index contributed by atoms with van der Waals surface area (Å²) in [5, 5.41) is 12.9. The van der Waals surface area contributed by atoms with Crippen LogP contribution < -0.4 is 5.32 Å². The van der Waals surface area contributed by atoms with Gasteiger partial charge in [0.2, 0.25) is 5.82 Å². The SMILES string of the molecule is CN(C)CCCNC(=O)c1cc(F)c([N+](=O)[O-])cc1F. The number of hydrogen-bond acceptors (Lipinski definition) is 4. The summed E-state index contributed by atoms with van der Waals surface area (Å²) < 4.78 is 26.9. The second-order valence-electron chi connectivity index (χ2n) is 4.45. The molecule has 1 aromatic carbocycles. The highest BCUT2D eigenvalue weighted by Gasteiger charge is 2.21. The van der Waals surface area contributed by atoms with Gasteiger partial charge < -0.3 is 10.2 Å². The van der Waals surface area contributed by atoms with Crippen LogP contribution in [0.4, 0.5) is 14.5 Å². The third-order valence-electron chi connectivity index (χ3n) is 2.55. The quantitative estimate of drug-likeness (QED) is 0.489. The number of nitro benzene ring substituents is 1. The van der Waals surface area contributed by atoms with Crippen molar-refractivity contribution < 1.29 is 18.5 Å². The van der Waals surface area contributed by atoms with Gasteiger partial charge in [0.25, 0.3) is 5.91 Å². The number of halogens is 2. The van der Waals surface area contributed by atoms with Crippen LogP contribution in [0.25, 0.3) is 0 Å². The van der Waals surface area contributed by atoms with Crippen molar-refractivity contribution in [3.05, 3.63) is 39.4 Å². The van der Waals surface area contributed by atoms with Crippen molar-refractivity contribution in [3.63, 3.8) is 0 Å². The molecule has 0 atom stereocenters. The first-order chi connectivity index (χ1) is 9.32. The zero-order valence-electron chi connectivity index (χ0n) is 11.2. The predicted octanol–water partition coefficient (Wildman–Crippen LogP) is 1.55. The molecule has 0 aliphatic heterocycles. The molecular weight excluding hydrogens is 272 g/mol. The maximum atomic E-state index is 13.5. The Hall–Kier alpha value is -2.09. The second-order valence-corrected chi connectivity index (χ2v) is 4.45. The van der Waals surface area contributed by atoms with Crippen molar-refractivity contribution in [2.24, 2.45) is 0 Å². The van der Waals surface area contributed by atoms with E-state index in [1.54, 1.807) is 0 Å². The fraction of sp³-hybridized carbons (Fsp3) is 0.417. The molecule has 0 unspecified atom stereocenters. The van der Waals surface area contributed by atoms with Gasteiger partial charge in [0, 0.05) is 6.54 Å². The maximum Gasteiger partial charge on any atom is 0.307 e. The number of carbonyl (C=O) groups is 1. The molecule has 8 heteroatoms. The van der Waals surface area contributed by atoms with E-state index in [9.17, 15) is 23.7 Å². The zero-order valence-corrected chi connectivity index (χ0v) is 11.2. The summed E-state index contributed by atoms with van der Waals surface area (Å²) in [6.45, 7) is 1.03. The van der Waals surface area contributed by atoms with E-state index in [4.69, 9.17) is 0 Å². The summed E-state index contributed by atoms with van der Waals surface area (Å²) >= 11 is 0. The van der Waals surface area contributed by atoms with Gasteiger partial charge in [-0.25, -0.2) is 4.39 Å². The lowest BCUT2D eigenvalue weighted by atomic mass is 10.1. The molecule has 0 heterocycles. The summed E-state index contributed by atoms with van der Waals surface area (Å²) in [6.07, 6.45) is 0.649. The molecule has 1 N–H and O–H groups in total. The normalized spacial score (nSPS) is 10.7. The van der Waals surface area contributed by atoms with Crippen molar-refractivity contribution in [2.45, 2.75) is 6.42 Å². The number of amides is 1. The Morgan fingerprint density at radius 2 is 2.00 bits per heavy atom. The molecule has 20 heavy (non-hydrogen) atoms. The Kier molecular flexibility index (Phi) is 5.51. The third-order valence-corrected chi connectivity index (χ3v) is 2.55. The van der Waals surface area contributed by atoms with Crippen LogP contribution >= 0.6 is 0 Å². The highest BCUT2D eigenvalue weighted by atomic mass is 19.1. The third kappa shape index (κ3) is 4.23. The van der Waals surface area contributed by atoms with E-state index in [2.05, 4.69) is 5.32 Å². The van der Waals surface area contributed by atoms with E-state index in [1.165, 1.54) is 0 Å². The van der Waals surface area contributed by atoms with Crippen LogP contribution in [-0.2, 0) is 0 Å². The van der Waals surface area contributed by atoms with Crippen LogP contribution in [0.1, 0.15) is 16.8 Å². The Labute approximate surface area is 114 Å². The van der Waals surface area contributed by atoms with E-state index in [1.807, 2.05) is 19.0 Å². The second kappa shape index (κ2) is 6.90. The minimum atomic E-state index is -1.24. The first kappa shape index (κ1) is 16.0. The molecule has 1 rings (SSSR count). The maximum absolute atomic E-state index is 13.5. The molecule has 0 saturated carbocycles. The fourth-order valence-corrected chi connectivity index (χ4v) is 1.54. The van der Waals surface area contributed by atoms with Crippen molar-refractivity contribution >= 4 is 11.6 Å². The van der Waals surface area contributed by atoms with Gasteiger partial charge in [-0.1, -0.05) is 0 Å². The molecule has 110 valence electrons. The average molecular weight is 287 g/mol. The topological polar surface area (TPSA) is 75.5 Å². The number of carbonyl (C=O) groups excluding carboxylic acids is 1. The molecule has 0 saturated heterocycles. The zero-order chi connectivity index (χ0) is 15.3. The van der Waals surface area contributed by atoms with E-state index in [-0.39, 0.29) is 0 Å². The Morgan fingerprint density at radius 1 is 1.35 bits per heavy atom. The van der Waals surface area contributed by atoms with Crippen LogP contribution in [0.3, 0.4) is 0 Å². The molecule has 0 bridgehead atoms. The van der Waals surface area contributed by atoms with Crippen molar-refractivity contribution in [3.8, 4) is 0 Å². The molecule has 0 aliphatic rings. The molecule has 6 nitrogen and oxygen atoms in total. The number of nitrogens with one attached hydrogen (secondary N) is 1. The fourth-order valence-electron chi connectivity index (χ4n) is 1.54. The molecule has 0 aromatic heterocycles. The van der Waals surface area contributed by atoms with E-state index < -0.39 is 33.7 Å². The van der Waals surface area contributed by atoms with Crippen LogP contribution in [-0.4, -0.2) is 42.9 Å². The standard InChI is InChI=1S/C12H15F2N3O3/c1-16(2)5-3-4-15-12(18)8-6-10(14)11(17(19)20)7-9(8)13/h6-7H,3-5H2,1-2H3,(H,15,18). The Balaban J connectivity index is 2.74. The molecule has 1 amide bonds. The lowest BCUT2D eigenvalue weighted by Gasteiger charge is -2.10. The van der Waals surface area contributed by atoms with Gasteiger partial charge in [0.05, 0.1) is 16.6 Å². The summed E-state index contributed by atoms with van der Waals surface area (Å²) in [5.74, 6) is -3.16. The van der Waals surface area contributed by atoms with Gasteiger partial charge >= 0.3 is 5.69 Å². The Bertz CT molecular complexity index is 521. The van der Waals surface area contributed by atoms with Gasteiger partial charge in [0.1, 0.15) is 5.82 Å². The van der Waals surface area contributed by atoms with E-state index in [0.717, 1.165) is 6.54 Å². The van der Waals surface area contributed by atoms with Crippen molar-refractivity contribution in [2.75, 3.05) is 27.2 Å². The predicted molar refractivity (Wildman–Crippen MR) is 68.5 cm³/mol. The smallest absolute Gasteiger partial charge is 0.307 e. The number of benzene rings is 1. The average Bonchev–Trinajstić information content (AvgIpc) is 2.36. The van der Waals surface area contributed by atoms with Crippen LogP contribution in [0, 0.1) is 21.7 Å². The molecule has 0 fully saturated rings. The van der Waals surface area contributed by atoms with Gasteiger partial charge in [-0.3, -0.25) is 14.9 Å². The first-order valence-electron chi connectivity index (χ1n) is 5.89. The summed E-state index contributed by atoms with van der Waals surface area (Å²) in [5.41, 5.74) is -1.54. The Morgan fingerprint density at radius 3 is 2.55 bits per heavy atom. The molecular formula is C12H15F2N3O3. The summed E-state index contributed by atoms with van der Waals surface area (Å²) in [6, 6.07) is 0.943. The first-order valence-corrected chi connectivity index (χ1v) is 5.89. The number of hydrogen-bond donors (Lipinski definition) is 1. The van der Waals surface area contributed by atoms with Gasteiger partial charge in [-0.05, 0) is 33.1 Å². The molecule has 0 aliphatic carbocycles. The highest BCUT2D eigenvalue weighted by molar-refractivity contribution is 5.94. The molecule has 0 spiro atoms. The lowest BCUT2D eigenvalue weighted by Crippen LogP contribution is -2.28. The monoisotopic (exact) mass is 287 g/mol. The van der Waals surface area contributed by atoms with Crippen molar-refractivity contribution in [1.29, 1.82) is 0 Å². The number of nitrogens with zero attached hydrogens (tertiary/aromatic N) is 2. The van der Waals surface area contributed by atoms with Crippen LogP contribution in [0.2, 0.25) is 0 Å². The van der Waals surface area contributed by atoms with E-state index >= 15 is 0 Å². The summed E-state index contributed by atoms with van der Waals surface area (Å²) in [4.78, 5) is 22.9. The largest absolute Gasteiger partial charge is 0.352 e.